The predicted molar refractivity (Wildman–Crippen MR) is 77.7 cm³/mol. The monoisotopic (exact) mass is 278 g/mol. The Morgan fingerprint density at radius 2 is 2.11 bits per heavy atom. The lowest BCUT2D eigenvalue weighted by Crippen LogP contribution is -2.37. The molecule has 1 atom stereocenters. The summed E-state index contributed by atoms with van der Waals surface area (Å²) in [5.41, 5.74) is 13.2. The molecule has 0 spiro atoms. The molecule has 0 fully saturated rings. The second-order valence-electron chi connectivity index (χ2n) is 4.29. The summed E-state index contributed by atoms with van der Waals surface area (Å²) in [4.78, 5) is 14.0. The maximum Gasteiger partial charge on any atom is 0.257 e. The molecular formula is C13H18N4OS. The molecule has 0 saturated carbocycles. The fraction of sp³-hybridized carbons (Fsp3) is 0.308. The largest absolute Gasteiger partial charge is 0.365 e. The van der Waals surface area contributed by atoms with Crippen molar-refractivity contribution in [3.63, 3.8) is 0 Å². The second-order valence-corrected chi connectivity index (χ2v) is 5.42. The van der Waals surface area contributed by atoms with E-state index < -0.39 is 5.91 Å². The molecule has 1 aliphatic rings. The number of nitrogens with one attached hydrogen (secondary N) is 1. The highest BCUT2D eigenvalue weighted by molar-refractivity contribution is 8.04. The van der Waals surface area contributed by atoms with E-state index in [4.69, 9.17) is 11.5 Å². The topological polar surface area (TPSA) is 84.4 Å². The fourth-order valence-corrected chi connectivity index (χ4v) is 3.06. The molecule has 0 saturated heterocycles. The summed E-state index contributed by atoms with van der Waals surface area (Å²) in [5.74, 6) is -0.415. The van der Waals surface area contributed by atoms with Gasteiger partial charge in [-0.2, -0.15) is 0 Å². The van der Waals surface area contributed by atoms with Gasteiger partial charge in [-0.05, 0) is 12.6 Å². The third-order valence-electron chi connectivity index (χ3n) is 2.92. The van der Waals surface area contributed by atoms with Gasteiger partial charge < -0.3 is 21.7 Å². The maximum atomic E-state index is 11.5. The average Bonchev–Trinajstić information content (AvgIpc) is 2.70. The molecule has 5 nitrogen and oxygen atoms in total. The SMILES string of the molecule is CNCC1=C(C(N)=O)SC(N)N1Cc1ccccc1. The number of likely N-dealkylation sites (N-methyl/N-ethyl adjacent to an activating group) is 1. The highest BCUT2D eigenvalue weighted by Gasteiger charge is 2.32. The zero-order valence-electron chi connectivity index (χ0n) is 10.8. The van der Waals surface area contributed by atoms with E-state index in [9.17, 15) is 4.79 Å². The number of carbonyl (C=O) groups excluding carboxylic acids is 1. The number of nitrogens with zero attached hydrogens (tertiary/aromatic N) is 1. The molecule has 0 aliphatic carbocycles. The molecule has 102 valence electrons. The molecule has 5 N–H and O–H groups in total. The van der Waals surface area contributed by atoms with Crippen molar-refractivity contribution in [2.75, 3.05) is 13.6 Å². The third-order valence-corrected chi connectivity index (χ3v) is 4.09. The smallest absolute Gasteiger partial charge is 0.257 e. The molecule has 1 aromatic rings. The number of amides is 1. The van der Waals surface area contributed by atoms with Crippen molar-refractivity contribution in [1.82, 2.24) is 10.2 Å². The van der Waals surface area contributed by atoms with Crippen LogP contribution >= 0.6 is 11.8 Å². The maximum absolute atomic E-state index is 11.5. The standard InChI is InChI=1S/C13H18N4OS/c1-16-7-10-11(12(14)18)19-13(15)17(10)8-9-5-3-2-4-6-9/h2-6,13,16H,7-8,15H2,1H3,(H2,14,18). The van der Waals surface area contributed by atoms with Gasteiger partial charge in [0.05, 0.1) is 4.91 Å². The summed E-state index contributed by atoms with van der Waals surface area (Å²) in [6.07, 6.45) is 0. The van der Waals surface area contributed by atoms with Crippen LogP contribution in [-0.2, 0) is 11.3 Å². The van der Waals surface area contributed by atoms with Crippen molar-refractivity contribution < 1.29 is 4.79 Å². The van der Waals surface area contributed by atoms with Crippen molar-refractivity contribution in [2.24, 2.45) is 11.5 Å². The lowest BCUT2D eigenvalue weighted by Gasteiger charge is -2.26. The first-order valence-corrected chi connectivity index (χ1v) is 6.91. The van der Waals surface area contributed by atoms with Crippen LogP contribution in [0.1, 0.15) is 5.56 Å². The van der Waals surface area contributed by atoms with Crippen LogP contribution in [0, 0.1) is 0 Å². The Balaban J connectivity index is 2.24. The molecule has 0 bridgehead atoms. The van der Waals surface area contributed by atoms with Gasteiger partial charge in [0, 0.05) is 18.8 Å². The van der Waals surface area contributed by atoms with Crippen LogP contribution in [0.3, 0.4) is 0 Å². The molecule has 1 heterocycles. The third kappa shape index (κ3) is 3.09. The number of carbonyl (C=O) groups is 1. The molecule has 0 radical (unpaired) electrons. The number of thioether (sulfide) groups is 1. The summed E-state index contributed by atoms with van der Waals surface area (Å²) in [6.45, 7) is 1.24. The van der Waals surface area contributed by atoms with Gasteiger partial charge >= 0.3 is 0 Å². The molecule has 0 aromatic heterocycles. The van der Waals surface area contributed by atoms with E-state index in [-0.39, 0.29) is 5.50 Å². The van der Waals surface area contributed by atoms with Gasteiger partial charge in [0.15, 0.2) is 0 Å². The average molecular weight is 278 g/mol. The first-order chi connectivity index (χ1) is 9.13. The van der Waals surface area contributed by atoms with Gasteiger partial charge in [0.1, 0.15) is 5.50 Å². The number of benzene rings is 1. The highest BCUT2D eigenvalue weighted by atomic mass is 32.2. The first kappa shape index (κ1) is 13.9. The molecule has 1 amide bonds. The van der Waals surface area contributed by atoms with Crippen LogP contribution in [0.5, 0.6) is 0 Å². The molecule has 6 heteroatoms. The minimum Gasteiger partial charge on any atom is -0.365 e. The summed E-state index contributed by atoms with van der Waals surface area (Å²) in [6, 6.07) is 10.0. The lowest BCUT2D eigenvalue weighted by atomic mass is 10.2. The Bertz CT molecular complexity index is 489. The Labute approximate surface area is 117 Å². The molecule has 1 aromatic carbocycles. The number of hydrogen-bond donors (Lipinski definition) is 3. The van der Waals surface area contributed by atoms with Crippen LogP contribution < -0.4 is 16.8 Å². The van der Waals surface area contributed by atoms with E-state index in [1.165, 1.54) is 11.8 Å². The van der Waals surface area contributed by atoms with Crippen molar-refractivity contribution in [3.8, 4) is 0 Å². The van der Waals surface area contributed by atoms with E-state index in [1.54, 1.807) is 0 Å². The van der Waals surface area contributed by atoms with Gasteiger partial charge in [-0.3, -0.25) is 4.79 Å². The van der Waals surface area contributed by atoms with E-state index in [0.29, 0.717) is 18.0 Å². The van der Waals surface area contributed by atoms with Crippen LogP contribution in [-0.4, -0.2) is 29.9 Å². The normalized spacial score (nSPS) is 19.1. The van der Waals surface area contributed by atoms with E-state index in [0.717, 1.165) is 11.3 Å². The quantitative estimate of drug-likeness (QED) is 0.726. The number of rotatable bonds is 5. The molecule has 1 aliphatic heterocycles. The Morgan fingerprint density at radius 3 is 2.68 bits per heavy atom. The van der Waals surface area contributed by atoms with E-state index in [1.807, 2.05) is 42.3 Å². The van der Waals surface area contributed by atoms with E-state index >= 15 is 0 Å². The first-order valence-electron chi connectivity index (χ1n) is 6.04. The minimum atomic E-state index is -0.415. The van der Waals surface area contributed by atoms with Crippen molar-refractivity contribution >= 4 is 17.7 Å². The summed E-state index contributed by atoms with van der Waals surface area (Å²) < 4.78 is 0. The van der Waals surface area contributed by atoms with Gasteiger partial charge in [-0.1, -0.05) is 42.1 Å². The van der Waals surface area contributed by atoms with Crippen LogP contribution in [0.4, 0.5) is 0 Å². The molecule has 1 unspecified atom stereocenters. The zero-order chi connectivity index (χ0) is 13.8. The lowest BCUT2D eigenvalue weighted by molar-refractivity contribution is -0.114. The van der Waals surface area contributed by atoms with Crippen molar-refractivity contribution in [2.45, 2.75) is 12.0 Å². The number of primary amides is 1. The van der Waals surface area contributed by atoms with Gasteiger partial charge in [0.25, 0.3) is 5.91 Å². The van der Waals surface area contributed by atoms with Crippen LogP contribution in [0.25, 0.3) is 0 Å². The molecular weight excluding hydrogens is 260 g/mol. The molecule has 2 rings (SSSR count). The van der Waals surface area contributed by atoms with Crippen LogP contribution in [0.15, 0.2) is 40.9 Å². The van der Waals surface area contributed by atoms with Gasteiger partial charge in [0.2, 0.25) is 0 Å². The predicted octanol–water partition coefficient (Wildman–Crippen LogP) is 0.394. The molecule has 19 heavy (non-hydrogen) atoms. The summed E-state index contributed by atoms with van der Waals surface area (Å²) in [5, 5.41) is 3.05. The van der Waals surface area contributed by atoms with Gasteiger partial charge in [-0.15, -0.1) is 0 Å². The van der Waals surface area contributed by atoms with Gasteiger partial charge in [-0.25, -0.2) is 0 Å². The highest BCUT2D eigenvalue weighted by Crippen LogP contribution is 2.36. The Kier molecular flexibility index (Phi) is 4.47. The summed E-state index contributed by atoms with van der Waals surface area (Å²) in [7, 11) is 1.83. The van der Waals surface area contributed by atoms with E-state index in [2.05, 4.69) is 5.32 Å². The Morgan fingerprint density at radius 1 is 1.42 bits per heavy atom. The van der Waals surface area contributed by atoms with Crippen molar-refractivity contribution in [1.29, 1.82) is 0 Å². The Hall–Kier alpha value is -1.50. The fourth-order valence-electron chi connectivity index (χ4n) is 2.05. The second kappa shape index (κ2) is 6.10. The van der Waals surface area contributed by atoms with Crippen molar-refractivity contribution in [3.05, 3.63) is 46.5 Å². The summed E-state index contributed by atoms with van der Waals surface area (Å²) >= 11 is 1.32. The number of nitrogens with two attached hydrogens (primary N) is 2. The number of hydrogen-bond acceptors (Lipinski definition) is 5. The van der Waals surface area contributed by atoms with Crippen LogP contribution in [0.2, 0.25) is 0 Å². The minimum absolute atomic E-state index is 0.272. The zero-order valence-corrected chi connectivity index (χ0v) is 11.6.